The molecule has 0 bridgehead atoms. The van der Waals surface area contributed by atoms with E-state index in [4.69, 9.17) is 0 Å². The first-order valence-corrected chi connectivity index (χ1v) is 13.1. The maximum atomic E-state index is 14.9. The Morgan fingerprint density at radius 1 is 0.944 bits per heavy atom. The van der Waals surface area contributed by atoms with Crippen LogP contribution >= 0.6 is 0 Å². The second-order valence-electron chi connectivity index (χ2n) is 12.3. The van der Waals surface area contributed by atoms with Crippen molar-refractivity contribution in [3.63, 3.8) is 0 Å². The Morgan fingerprint density at radius 3 is 2.03 bits per heavy atom. The molecule has 1 saturated carbocycles. The zero-order valence-electron chi connectivity index (χ0n) is 22.9. The van der Waals surface area contributed by atoms with Crippen molar-refractivity contribution in [2.45, 2.75) is 103 Å². The molecule has 1 aliphatic rings. The van der Waals surface area contributed by atoms with Gasteiger partial charge < -0.3 is 15.3 Å². The van der Waals surface area contributed by atoms with Crippen LogP contribution in [0.25, 0.3) is 0 Å². The van der Waals surface area contributed by atoms with Crippen LogP contribution in [0.4, 0.5) is 19.3 Å². The first-order valence-electron chi connectivity index (χ1n) is 13.1. The van der Waals surface area contributed by atoms with E-state index in [1.165, 1.54) is 12.5 Å². The maximum absolute atomic E-state index is 14.9. The highest BCUT2D eigenvalue weighted by Crippen LogP contribution is 2.40. The molecule has 198 valence electrons. The second-order valence-corrected chi connectivity index (χ2v) is 12.3. The van der Waals surface area contributed by atoms with Crippen LogP contribution in [-0.4, -0.2) is 29.1 Å². The lowest BCUT2D eigenvalue weighted by molar-refractivity contribution is 0.186. The molecule has 0 unspecified atom stereocenters. The summed E-state index contributed by atoms with van der Waals surface area (Å²) in [4.78, 5) is 14.6. The van der Waals surface area contributed by atoms with Crippen molar-refractivity contribution in [3.05, 3.63) is 58.2 Å². The van der Waals surface area contributed by atoms with Crippen LogP contribution in [0.2, 0.25) is 0 Å². The van der Waals surface area contributed by atoms with Gasteiger partial charge in [0.1, 0.15) is 17.4 Å². The van der Waals surface area contributed by atoms with Gasteiger partial charge in [-0.05, 0) is 64.8 Å². The highest BCUT2D eigenvalue weighted by atomic mass is 19.1. The van der Waals surface area contributed by atoms with Crippen molar-refractivity contribution in [2.75, 3.05) is 12.4 Å². The van der Waals surface area contributed by atoms with E-state index in [-0.39, 0.29) is 28.6 Å². The Hall–Kier alpha value is -2.63. The number of phenolic OH excluding ortho intramolecular Hbond substituents is 1. The summed E-state index contributed by atoms with van der Waals surface area (Å²) < 4.78 is 29.1. The molecule has 0 aliphatic heterocycles. The fourth-order valence-corrected chi connectivity index (χ4v) is 5.05. The summed E-state index contributed by atoms with van der Waals surface area (Å²) in [6.45, 7) is 12.3. The largest absolute Gasteiger partial charge is 0.507 e. The molecule has 2 aromatic carbocycles. The van der Waals surface area contributed by atoms with Crippen LogP contribution in [0.5, 0.6) is 5.75 Å². The number of rotatable bonds is 5. The quantitative estimate of drug-likeness (QED) is 0.439. The van der Waals surface area contributed by atoms with Crippen LogP contribution in [0, 0.1) is 11.6 Å². The lowest BCUT2D eigenvalue weighted by atomic mass is 9.78. The normalized spacial score (nSPS) is 15.1. The van der Waals surface area contributed by atoms with Gasteiger partial charge in [0.05, 0.1) is 5.69 Å². The average molecular weight is 501 g/mol. The molecule has 1 aliphatic carbocycles. The molecule has 2 N–H and O–H groups in total. The van der Waals surface area contributed by atoms with Crippen molar-refractivity contribution < 1.29 is 18.7 Å². The minimum atomic E-state index is -0.771. The van der Waals surface area contributed by atoms with Crippen LogP contribution < -0.4 is 5.32 Å². The fourth-order valence-electron chi connectivity index (χ4n) is 5.05. The summed E-state index contributed by atoms with van der Waals surface area (Å²) >= 11 is 0. The minimum absolute atomic E-state index is 0.0370. The second kappa shape index (κ2) is 10.8. The van der Waals surface area contributed by atoms with Crippen LogP contribution in [0.3, 0.4) is 0 Å². The number of aromatic hydroxyl groups is 1. The highest BCUT2D eigenvalue weighted by Gasteiger charge is 2.27. The summed E-state index contributed by atoms with van der Waals surface area (Å²) in [6, 6.07) is 5.84. The molecule has 4 nitrogen and oxygen atoms in total. The third-order valence-corrected chi connectivity index (χ3v) is 7.28. The smallest absolute Gasteiger partial charge is 0.321 e. The topological polar surface area (TPSA) is 52.6 Å². The molecule has 0 aromatic heterocycles. The summed E-state index contributed by atoms with van der Waals surface area (Å²) in [7, 11) is 1.74. The summed E-state index contributed by atoms with van der Waals surface area (Å²) in [5.41, 5.74) is 2.58. The van der Waals surface area contributed by atoms with E-state index in [0.29, 0.717) is 24.2 Å². The molecular formula is C30H42F2N2O2. The van der Waals surface area contributed by atoms with Gasteiger partial charge in [-0.15, -0.1) is 0 Å². The number of urea groups is 1. The molecular weight excluding hydrogens is 458 g/mol. The fraction of sp³-hybridized carbons (Fsp3) is 0.567. The van der Waals surface area contributed by atoms with Gasteiger partial charge in [-0.3, -0.25) is 0 Å². The number of carbonyl (C=O) groups is 1. The first-order chi connectivity index (χ1) is 16.7. The molecule has 0 spiro atoms. The first kappa shape index (κ1) is 27.9. The van der Waals surface area contributed by atoms with Gasteiger partial charge >= 0.3 is 6.03 Å². The van der Waals surface area contributed by atoms with Crippen molar-refractivity contribution in [1.82, 2.24) is 4.90 Å². The van der Waals surface area contributed by atoms with Gasteiger partial charge in [0.25, 0.3) is 0 Å². The lowest BCUT2D eigenvalue weighted by Crippen LogP contribution is -2.41. The molecule has 0 saturated heterocycles. The molecule has 0 heterocycles. The number of hydrogen-bond acceptors (Lipinski definition) is 2. The number of benzene rings is 2. The molecule has 1 fully saturated rings. The van der Waals surface area contributed by atoms with Crippen molar-refractivity contribution in [2.24, 2.45) is 0 Å². The summed E-state index contributed by atoms with van der Waals surface area (Å²) in [5.74, 6) is -1.14. The number of aryl methyl sites for hydroxylation is 2. The predicted molar refractivity (Wildman–Crippen MR) is 143 cm³/mol. The van der Waals surface area contributed by atoms with Gasteiger partial charge in [0.15, 0.2) is 0 Å². The Kier molecular flexibility index (Phi) is 8.37. The zero-order chi connectivity index (χ0) is 26.8. The molecule has 2 aromatic rings. The molecule has 6 heteroatoms. The van der Waals surface area contributed by atoms with E-state index < -0.39 is 11.6 Å². The maximum Gasteiger partial charge on any atom is 0.321 e. The van der Waals surface area contributed by atoms with Gasteiger partial charge in [-0.2, -0.15) is 0 Å². The Balaban J connectivity index is 1.89. The SMILES string of the molecule is CN(C(=O)Nc1c(F)cc(F)cc1CCc1cc(C(C)(C)C)c(O)c(C(C)(C)C)c1)C1CCCCC1. The highest BCUT2D eigenvalue weighted by molar-refractivity contribution is 5.90. The third-order valence-electron chi connectivity index (χ3n) is 7.28. The molecule has 2 amide bonds. The Morgan fingerprint density at radius 2 is 1.50 bits per heavy atom. The number of nitrogens with zero attached hydrogens (tertiary/aromatic N) is 1. The molecule has 3 rings (SSSR count). The van der Waals surface area contributed by atoms with E-state index >= 15 is 0 Å². The number of phenols is 1. The number of hydrogen-bond donors (Lipinski definition) is 2. The van der Waals surface area contributed by atoms with Gasteiger partial charge in [0, 0.05) is 19.2 Å². The molecule has 36 heavy (non-hydrogen) atoms. The summed E-state index contributed by atoms with van der Waals surface area (Å²) in [5, 5.41) is 13.7. The number of nitrogens with one attached hydrogen (secondary N) is 1. The van der Waals surface area contributed by atoms with E-state index in [2.05, 4.69) is 46.9 Å². The van der Waals surface area contributed by atoms with E-state index in [1.54, 1.807) is 11.9 Å². The Labute approximate surface area is 215 Å². The van der Waals surface area contributed by atoms with Crippen molar-refractivity contribution in [3.8, 4) is 5.75 Å². The minimum Gasteiger partial charge on any atom is -0.507 e. The lowest BCUT2D eigenvalue weighted by Gasteiger charge is -2.31. The standard InChI is InChI=1S/C30H42F2N2O2/c1-29(2,3)23-15-19(16-24(27(23)35)30(4,5)6)13-14-20-17-21(31)18-25(32)26(20)33-28(36)34(7)22-11-9-8-10-12-22/h15-18,22,35H,8-14H2,1-7H3,(H,33,36). The van der Waals surface area contributed by atoms with Gasteiger partial charge in [-0.1, -0.05) is 72.9 Å². The number of anilines is 1. The molecule has 0 atom stereocenters. The zero-order valence-corrected chi connectivity index (χ0v) is 22.9. The van der Waals surface area contributed by atoms with E-state index in [1.807, 2.05) is 12.1 Å². The van der Waals surface area contributed by atoms with Crippen LogP contribution in [0.1, 0.15) is 95.9 Å². The van der Waals surface area contributed by atoms with Crippen molar-refractivity contribution >= 4 is 11.7 Å². The number of halogens is 2. The Bertz CT molecular complexity index is 1060. The predicted octanol–water partition coefficient (Wildman–Crippen LogP) is 7.85. The number of carbonyl (C=O) groups excluding carboxylic acids is 1. The molecule has 0 radical (unpaired) electrons. The third kappa shape index (κ3) is 6.57. The van der Waals surface area contributed by atoms with Gasteiger partial charge in [-0.25, -0.2) is 13.6 Å². The monoisotopic (exact) mass is 500 g/mol. The average Bonchev–Trinajstić information content (AvgIpc) is 2.78. The van der Waals surface area contributed by atoms with Crippen LogP contribution in [-0.2, 0) is 23.7 Å². The number of amides is 2. The van der Waals surface area contributed by atoms with E-state index in [0.717, 1.165) is 48.4 Å². The van der Waals surface area contributed by atoms with Crippen LogP contribution in [0.15, 0.2) is 24.3 Å². The summed E-state index contributed by atoms with van der Waals surface area (Å²) in [6.07, 6.45) is 6.07. The van der Waals surface area contributed by atoms with Gasteiger partial charge in [0.2, 0.25) is 0 Å². The van der Waals surface area contributed by atoms with E-state index in [9.17, 15) is 18.7 Å². The van der Waals surface area contributed by atoms with Crippen molar-refractivity contribution in [1.29, 1.82) is 0 Å².